The molecule has 0 radical (unpaired) electrons. The quantitative estimate of drug-likeness (QED) is 0.609. The minimum absolute atomic E-state index is 0.323. The zero-order valence-electron chi connectivity index (χ0n) is 16.4. The first kappa shape index (κ1) is 20.7. The van der Waals surface area contributed by atoms with Crippen molar-refractivity contribution in [3.8, 4) is 11.5 Å². The molecule has 29 heavy (non-hydrogen) atoms. The van der Waals surface area contributed by atoms with E-state index in [-0.39, 0.29) is 5.75 Å². The van der Waals surface area contributed by atoms with Gasteiger partial charge in [0.15, 0.2) is 9.84 Å². The Morgan fingerprint density at radius 3 is 2.59 bits per heavy atom. The summed E-state index contributed by atoms with van der Waals surface area (Å²) in [5.41, 5.74) is 3.17. The summed E-state index contributed by atoms with van der Waals surface area (Å²) in [7, 11) is -3.67. The number of carbonyl (C=O) groups excluding carboxylic acids is 1. The zero-order valence-corrected chi connectivity index (χ0v) is 17.2. The highest BCUT2D eigenvalue weighted by Crippen LogP contribution is 2.23. The molecule has 8 heteroatoms. The van der Waals surface area contributed by atoms with Gasteiger partial charge in [0.25, 0.3) is 0 Å². The van der Waals surface area contributed by atoms with E-state index in [0.29, 0.717) is 30.3 Å². The summed E-state index contributed by atoms with van der Waals surface area (Å²) in [5.74, 6) is -0.667. The smallest absolute Gasteiger partial charge is 0.235 e. The Bertz CT molecular complexity index is 1070. The van der Waals surface area contributed by atoms with Crippen LogP contribution >= 0.6 is 0 Å². The van der Waals surface area contributed by atoms with Crippen LogP contribution in [0.15, 0.2) is 53.2 Å². The Hall–Kier alpha value is -3.00. The lowest BCUT2D eigenvalue weighted by atomic mass is 10.1. The number of nitrogens with zero attached hydrogens (tertiary/aromatic N) is 2. The average Bonchev–Trinajstić information content (AvgIpc) is 3.02. The van der Waals surface area contributed by atoms with E-state index in [2.05, 4.69) is 15.3 Å². The second kappa shape index (κ2) is 9.00. The van der Waals surface area contributed by atoms with Crippen molar-refractivity contribution in [2.24, 2.45) is 0 Å². The predicted molar refractivity (Wildman–Crippen MR) is 110 cm³/mol. The molecular formula is C21H23N3O4S. The maximum Gasteiger partial charge on any atom is 0.235 e. The number of hydrogen-bond donors (Lipinski definition) is 1. The molecule has 0 saturated heterocycles. The Morgan fingerprint density at radius 2 is 1.90 bits per heavy atom. The number of pyridine rings is 1. The van der Waals surface area contributed by atoms with E-state index in [1.807, 2.05) is 43.3 Å². The summed E-state index contributed by atoms with van der Waals surface area (Å²) in [4.78, 5) is 20.4. The van der Waals surface area contributed by atoms with Crippen molar-refractivity contribution in [2.75, 3.05) is 12.3 Å². The molecule has 0 aliphatic rings. The molecule has 0 bridgehead atoms. The molecule has 2 aromatic heterocycles. The Labute approximate surface area is 170 Å². The van der Waals surface area contributed by atoms with Crippen molar-refractivity contribution in [3.05, 3.63) is 71.4 Å². The molecule has 3 aromatic rings. The molecule has 0 fully saturated rings. The molecular weight excluding hydrogens is 390 g/mol. The van der Waals surface area contributed by atoms with Crippen LogP contribution in [0.1, 0.15) is 22.6 Å². The van der Waals surface area contributed by atoms with Crippen molar-refractivity contribution in [1.82, 2.24) is 15.3 Å². The van der Waals surface area contributed by atoms with Gasteiger partial charge in [0.05, 0.1) is 11.4 Å². The van der Waals surface area contributed by atoms with Crippen LogP contribution in [0.3, 0.4) is 0 Å². The molecule has 0 aliphatic carbocycles. The summed E-state index contributed by atoms with van der Waals surface area (Å²) in [6.07, 6.45) is 3.97. The molecule has 0 aliphatic heterocycles. The lowest BCUT2D eigenvalue weighted by molar-refractivity contribution is -0.118. The highest BCUT2D eigenvalue weighted by molar-refractivity contribution is 7.91. The van der Waals surface area contributed by atoms with E-state index >= 15 is 0 Å². The fourth-order valence-corrected chi connectivity index (χ4v) is 4.07. The van der Waals surface area contributed by atoms with Gasteiger partial charge < -0.3 is 9.73 Å². The van der Waals surface area contributed by atoms with E-state index in [4.69, 9.17) is 4.42 Å². The number of hydrogen-bond acceptors (Lipinski definition) is 6. The first-order valence-corrected chi connectivity index (χ1v) is 11.0. The Balaban J connectivity index is 1.57. The van der Waals surface area contributed by atoms with E-state index in [0.717, 1.165) is 16.7 Å². The molecule has 3 rings (SSSR count). The second-order valence-corrected chi connectivity index (χ2v) is 8.95. The van der Waals surface area contributed by atoms with Gasteiger partial charge in [0.2, 0.25) is 11.8 Å². The fourth-order valence-electron chi connectivity index (χ4n) is 2.78. The second-order valence-electron chi connectivity index (χ2n) is 6.88. The monoisotopic (exact) mass is 413 g/mol. The molecule has 7 nitrogen and oxygen atoms in total. The number of sulfone groups is 1. The maximum absolute atomic E-state index is 12.4. The van der Waals surface area contributed by atoms with Crippen molar-refractivity contribution < 1.29 is 17.6 Å². The van der Waals surface area contributed by atoms with Crippen LogP contribution in [0, 0.1) is 13.8 Å². The molecule has 1 aromatic carbocycles. The van der Waals surface area contributed by atoms with Gasteiger partial charge in [-0.15, -0.1) is 0 Å². The molecule has 0 atom stereocenters. The van der Waals surface area contributed by atoms with E-state index in [9.17, 15) is 13.2 Å². The van der Waals surface area contributed by atoms with Gasteiger partial charge in [-0.3, -0.25) is 9.78 Å². The van der Waals surface area contributed by atoms with Crippen LogP contribution in [0.25, 0.3) is 11.5 Å². The van der Waals surface area contributed by atoms with Gasteiger partial charge in [0.1, 0.15) is 11.5 Å². The molecule has 152 valence electrons. The van der Waals surface area contributed by atoms with Crippen LogP contribution < -0.4 is 5.32 Å². The van der Waals surface area contributed by atoms with E-state index in [1.54, 1.807) is 19.3 Å². The van der Waals surface area contributed by atoms with Crippen LogP contribution in [0.4, 0.5) is 0 Å². The third kappa shape index (κ3) is 5.99. The number of aryl methyl sites for hydroxylation is 2. The summed E-state index contributed by atoms with van der Waals surface area (Å²) < 4.78 is 30.5. The minimum Gasteiger partial charge on any atom is -0.441 e. The topological polar surface area (TPSA) is 102 Å². The number of benzene rings is 1. The van der Waals surface area contributed by atoms with Gasteiger partial charge in [-0.2, -0.15) is 0 Å². The van der Waals surface area contributed by atoms with E-state index < -0.39 is 21.5 Å². The highest BCUT2D eigenvalue weighted by atomic mass is 32.2. The predicted octanol–water partition coefficient (Wildman–Crippen LogP) is 2.63. The van der Waals surface area contributed by atoms with Gasteiger partial charge >= 0.3 is 0 Å². The SMILES string of the molecule is Cc1ccc(-c2nc(CS(=O)(=O)CC(=O)NCCc3cccnc3)c(C)o2)cc1. The molecule has 1 N–H and O–H groups in total. The number of rotatable bonds is 8. The van der Waals surface area contributed by atoms with Gasteiger partial charge in [-0.25, -0.2) is 13.4 Å². The lowest BCUT2D eigenvalue weighted by Crippen LogP contribution is -2.32. The summed E-state index contributed by atoms with van der Waals surface area (Å²) in [5, 5.41) is 2.63. The number of aromatic nitrogens is 2. The van der Waals surface area contributed by atoms with Crippen LogP contribution in [0.5, 0.6) is 0 Å². The minimum atomic E-state index is -3.67. The Morgan fingerprint density at radius 1 is 1.14 bits per heavy atom. The third-order valence-corrected chi connectivity index (χ3v) is 5.77. The fraction of sp³-hybridized carbons (Fsp3) is 0.286. The third-order valence-electron chi connectivity index (χ3n) is 4.36. The van der Waals surface area contributed by atoms with Crippen LogP contribution in [0.2, 0.25) is 0 Å². The van der Waals surface area contributed by atoms with Gasteiger partial charge in [0, 0.05) is 24.5 Å². The standard InChI is InChI=1S/C21H23N3O4S/c1-15-5-7-18(8-6-15)21-24-19(16(2)28-21)13-29(26,27)14-20(25)23-11-9-17-4-3-10-22-12-17/h3-8,10,12H,9,11,13-14H2,1-2H3,(H,23,25). The summed E-state index contributed by atoms with van der Waals surface area (Å²) in [6.45, 7) is 3.99. The van der Waals surface area contributed by atoms with Crippen molar-refractivity contribution in [2.45, 2.75) is 26.0 Å². The highest BCUT2D eigenvalue weighted by Gasteiger charge is 2.22. The molecule has 0 spiro atoms. The number of nitrogens with one attached hydrogen (secondary N) is 1. The largest absolute Gasteiger partial charge is 0.441 e. The first-order chi connectivity index (χ1) is 13.8. The first-order valence-electron chi connectivity index (χ1n) is 9.22. The van der Waals surface area contributed by atoms with Crippen molar-refractivity contribution in [1.29, 1.82) is 0 Å². The van der Waals surface area contributed by atoms with Crippen LogP contribution in [-0.4, -0.2) is 36.6 Å². The van der Waals surface area contributed by atoms with Gasteiger partial charge in [-0.1, -0.05) is 23.8 Å². The van der Waals surface area contributed by atoms with Crippen molar-refractivity contribution >= 4 is 15.7 Å². The van der Waals surface area contributed by atoms with Gasteiger partial charge in [-0.05, 0) is 44.0 Å². The average molecular weight is 413 g/mol. The zero-order chi connectivity index (χ0) is 20.9. The molecule has 0 saturated carbocycles. The normalized spacial score (nSPS) is 11.4. The van der Waals surface area contributed by atoms with Crippen molar-refractivity contribution in [3.63, 3.8) is 0 Å². The molecule has 2 heterocycles. The number of amides is 1. The summed E-state index contributed by atoms with van der Waals surface area (Å²) >= 11 is 0. The number of oxazole rings is 1. The molecule has 0 unspecified atom stereocenters. The van der Waals surface area contributed by atoms with Crippen LogP contribution in [-0.2, 0) is 26.8 Å². The Kier molecular flexibility index (Phi) is 6.43. The molecule has 1 amide bonds. The lowest BCUT2D eigenvalue weighted by Gasteiger charge is -2.06. The summed E-state index contributed by atoms with van der Waals surface area (Å²) in [6, 6.07) is 11.3. The van der Waals surface area contributed by atoms with E-state index in [1.165, 1.54) is 0 Å². The number of carbonyl (C=O) groups is 1. The maximum atomic E-state index is 12.4.